The van der Waals surface area contributed by atoms with Crippen molar-refractivity contribution in [1.82, 2.24) is 0 Å². The van der Waals surface area contributed by atoms with Crippen LogP contribution in [0.5, 0.6) is 0 Å². The van der Waals surface area contributed by atoms with Crippen molar-refractivity contribution < 1.29 is 14.3 Å². The Morgan fingerprint density at radius 2 is 2.21 bits per heavy atom. The van der Waals surface area contributed by atoms with E-state index in [0.29, 0.717) is 12.3 Å². The number of carbonyl (C=O) groups excluding carboxylic acids is 2. The number of allylic oxidation sites excluding steroid dienone is 1. The zero-order chi connectivity index (χ0) is 10.7. The van der Waals surface area contributed by atoms with Gasteiger partial charge in [0.2, 0.25) is 0 Å². The summed E-state index contributed by atoms with van der Waals surface area (Å²) in [5.74, 6) is 0.134. The molecule has 0 spiro atoms. The number of ketones is 1. The average Bonchev–Trinajstić information content (AvgIpc) is 2.07. The van der Waals surface area contributed by atoms with Crippen molar-refractivity contribution in [3.05, 3.63) is 12.2 Å². The van der Waals surface area contributed by atoms with Gasteiger partial charge in [0.25, 0.3) is 0 Å². The molecule has 3 nitrogen and oxygen atoms in total. The molecule has 78 valence electrons. The smallest absolute Gasteiger partial charge is 0.303 e. The second kappa shape index (κ2) is 4.40. The van der Waals surface area contributed by atoms with E-state index in [-0.39, 0.29) is 23.8 Å². The molecule has 0 saturated carbocycles. The van der Waals surface area contributed by atoms with Gasteiger partial charge in [0.1, 0.15) is 6.10 Å². The third kappa shape index (κ3) is 2.69. The molecule has 3 heteroatoms. The maximum atomic E-state index is 11.4. The van der Waals surface area contributed by atoms with Crippen LogP contribution in [0.3, 0.4) is 0 Å². The van der Waals surface area contributed by atoms with Crippen molar-refractivity contribution in [3.63, 3.8) is 0 Å². The van der Waals surface area contributed by atoms with E-state index in [9.17, 15) is 9.59 Å². The third-order valence-corrected chi connectivity index (χ3v) is 2.45. The van der Waals surface area contributed by atoms with Crippen LogP contribution in [0.1, 0.15) is 27.2 Å². The third-order valence-electron chi connectivity index (χ3n) is 2.45. The summed E-state index contributed by atoms with van der Waals surface area (Å²) >= 11 is 0. The molecule has 0 fully saturated rings. The maximum absolute atomic E-state index is 11.4. The number of esters is 1. The lowest BCUT2D eigenvalue weighted by molar-refractivity contribution is -0.146. The second-order valence-electron chi connectivity index (χ2n) is 4.00. The predicted molar refractivity (Wildman–Crippen MR) is 52.6 cm³/mol. The average molecular weight is 196 g/mol. The first-order valence-corrected chi connectivity index (χ1v) is 4.90. The van der Waals surface area contributed by atoms with E-state index < -0.39 is 0 Å². The van der Waals surface area contributed by atoms with Gasteiger partial charge in [-0.05, 0) is 24.5 Å². The van der Waals surface area contributed by atoms with Crippen LogP contribution in [0.4, 0.5) is 0 Å². The fourth-order valence-electron chi connectivity index (χ4n) is 1.67. The minimum absolute atomic E-state index is 0.00986. The van der Waals surface area contributed by atoms with Gasteiger partial charge in [-0.3, -0.25) is 9.59 Å². The fourth-order valence-corrected chi connectivity index (χ4v) is 1.67. The highest BCUT2D eigenvalue weighted by Crippen LogP contribution is 2.24. The summed E-state index contributed by atoms with van der Waals surface area (Å²) in [7, 11) is 0. The van der Waals surface area contributed by atoms with Gasteiger partial charge in [-0.15, -0.1) is 0 Å². The molecule has 1 aliphatic carbocycles. The monoisotopic (exact) mass is 196 g/mol. The summed E-state index contributed by atoms with van der Waals surface area (Å²) < 4.78 is 5.04. The minimum Gasteiger partial charge on any atom is -0.458 e. The summed E-state index contributed by atoms with van der Waals surface area (Å²) in [6.07, 6.45) is 3.59. The lowest BCUT2D eigenvalue weighted by atomic mass is 9.83. The van der Waals surface area contributed by atoms with Crippen molar-refractivity contribution in [2.45, 2.75) is 33.3 Å². The highest BCUT2D eigenvalue weighted by Gasteiger charge is 2.28. The summed E-state index contributed by atoms with van der Waals surface area (Å²) in [5.41, 5.74) is 0. The molecule has 0 radical (unpaired) electrons. The number of rotatable bonds is 2. The Hall–Kier alpha value is -1.12. The van der Waals surface area contributed by atoms with E-state index in [1.807, 2.05) is 13.8 Å². The molecular weight excluding hydrogens is 180 g/mol. The summed E-state index contributed by atoms with van der Waals surface area (Å²) in [5, 5.41) is 0. The van der Waals surface area contributed by atoms with Crippen LogP contribution in [0.15, 0.2) is 12.2 Å². The Morgan fingerprint density at radius 3 is 2.71 bits per heavy atom. The van der Waals surface area contributed by atoms with Crippen molar-refractivity contribution in [2.24, 2.45) is 11.8 Å². The molecule has 0 bridgehead atoms. The van der Waals surface area contributed by atoms with Crippen molar-refractivity contribution >= 4 is 11.8 Å². The molecule has 0 amide bonds. The van der Waals surface area contributed by atoms with Crippen LogP contribution >= 0.6 is 0 Å². The van der Waals surface area contributed by atoms with Crippen molar-refractivity contribution in [3.8, 4) is 0 Å². The van der Waals surface area contributed by atoms with E-state index in [1.165, 1.54) is 13.0 Å². The van der Waals surface area contributed by atoms with Crippen LogP contribution in [0.2, 0.25) is 0 Å². The van der Waals surface area contributed by atoms with E-state index in [0.717, 1.165) is 0 Å². The first-order valence-electron chi connectivity index (χ1n) is 4.90. The Labute approximate surface area is 84.1 Å². The molecule has 0 saturated heterocycles. The summed E-state index contributed by atoms with van der Waals surface area (Å²) in [4.78, 5) is 22.2. The molecule has 2 atom stereocenters. The molecule has 0 aromatic heterocycles. The van der Waals surface area contributed by atoms with Crippen LogP contribution in [-0.2, 0) is 14.3 Å². The largest absolute Gasteiger partial charge is 0.458 e. The van der Waals surface area contributed by atoms with Gasteiger partial charge < -0.3 is 4.74 Å². The van der Waals surface area contributed by atoms with Gasteiger partial charge in [0.05, 0.1) is 0 Å². The van der Waals surface area contributed by atoms with Gasteiger partial charge in [-0.2, -0.15) is 0 Å². The first kappa shape index (κ1) is 11.0. The van der Waals surface area contributed by atoms with E-state index >= 15 is 0 Å². The molecule has 0 aromatic carbocycles. The molecule has 0 heterocycles. The number of carbonyl (C=O) groups is 2. The van der Waals surface area contributed by atoms with Crippen LogP contribution in [-0.4, -0.2) is 17.9 Å². The lowest BCUT2D eigenvalue weighted by Crippen LogP contribution is -2.29. The van der Waals surface area contributed by atoms with Crippen LogP contribution < -0.4 is 0 Å². The van der Waals surface area contributed by atoms with Crippen LogP contribution in [0.25, 0.3) is 0 Å². The van der Waals surface area contributed by atoms with Gasteiger partial charge in [0.15, 0.2) is 5.78 Å². The minimum atomic E-state index is -0.295. The molecule has 2 unspecified atom stereocenters. The van der Waals surface area contributed by atoms with E-state index in [1.54, 1.807) is 6.08 Å². The summed E-state index contributed by atoms with van der Waals surface area (Å²) in [6, 6.07) is 0. The van der Waals surface area contributed by atoms with Crippen molar-refractivity contribution in [2.75, 3.05) is 0 Å². The van der Waals surface area contributed by atoms with Crippen LogP contribution in [0, 0.1) is 11.8 Å². The predicted octanol–water partition coefficient (Wildman–Crippen LogP) is 1.72. The quantitative estimate of drug-likeness (QED) is 0.631. The Kier molecular flexibility index (Phi) is 3.44. The lowest BCUT2D eigenvalue weighted by Gasteiger charge is -2.25. The Bertz CT molecular complexity index is 266. The molecular formula is C11H16O3. The molecule has 1 rings (SSSR count). The van der Waals surface area contributed by atoms with Gasteiger partial charge in [-0.25, -0.2) is 0 Å². The molecule has 1 aliphatic rings. The molecule has 0 aromatic rings. The zero-order valence-electron chi connectivity index (χ0n) is 8.82. The van der Waals surface area contributed by atoms with Crippen molar-refractivity contribution in [1.29, 1.82) is 0 Å². The number of ether oxygens (including phenoxy) is 1. The molecule has 0 aliphatic heterocycles. The Morgan fingerprint density at radius 1 is 1.57 bits per heavy atom. The van der Waals surface area contributed by atoms with Gasteiger partial charge >= 0.3 is 5.97 Å². The van der Waals surface area contributed by atoms with Gasteiger partial charge in [0, 0.05) is 12.8 Å². The second-order valence-corrected chi connectivity index (χ2v) is 4.00. The molecule has 0 N–H and O–H groups in total. The molecule has 14 heavy (non-hydrogen) atoms. The van der Waals surface area contributed by atoms with Gasteiger partial charge in [-0.1, -0.05) is 13.8 Å². The highest BCUT2D eigenvalue weighted by molar-refractivity contribution is 5.93. The normalized spacial score (nSPS) is 26.7. The SMILES string of the molecule is CC(=O)OC1C=CC(=O)C(C(C)C)C1. The number of hydrogen-bond acceptors (Lipinski definition) is 3. The zero-order valence-corrected chi connectivity index (χ0v) is 8.82. The standard InChI is InChI=1S/C11H16O3/c1-7(2)10-6-9(14-8(3)12)4-5-11(10)13/h4-5,7,9-10H,6H2,1-3H3. The van der Waals surface area contributed by atoms with E-state index in [4.69, 9.17) is 4.74 Å². The van der Waals surface area contributed by atoms with E-state index in [2.05, 4.69) is 0 Å². The highest BCUT2D eigenvalue weighted by atomic mass is 16.5. The maximum Gasteiger partial charge on any atom is 0.303 e. The summed E-state index contributed by atoms with van der Waals surface area (Å²) in [6.45, 7) is 5.40. The Balaban J connectivity index is 2.64. The fraction of sp³-hybridized carbons (Fsp3) is 0.636. The topological polar surface area (TPSA) is 43.4 Å². The number of hydrogen-bond donors (Lipinski definition) is 0. The first-order chi connectivity index (χ1) is 6.50.